The third kappa shape index (κ3) is 3.27. The maximum absolute atomic E-state index is 11.3. The minimum absolute atomic E-state index is 0.0362. The fraction of sp³-hybridized carbons (Fsp3) is 0.438. The molecule has 1 aromatic rings. The van der Waals surface area contributed by atoms with E-state index in [9.17, 15) is 4.79 Å². The number of hydrazone groups is 1. The topological polar surface area (TPSA) is 89.4 Å². The summed E-state index contributed by atoms with van der Waals surface area (Å²) in [6, 6.07) is 6.44. The van der Waals surface area contributed by atoms with Gasteiger partial charge in [0, 0.05) is 24.1 Å². The van der Waals surface area contributed by atoms with E-state index in [1.54, 1.807) is 0 Å². The van der Waals surface area contributed by atoms with Crippen LogP contribution in [-0.4, -0.2) is 23.6 Å². The van der Waals surface area contributed by atoms with Crippen LogP contribution in [0, 0.1) is 18.3 Å². The third-order valence-corrected chi connectivity index (χ3v) is 3.97. The maximum atomic E-state index is 11.3. The first kappa shape index (κ1) is 14.6. The van der Waals surface area contributed by atoms with E-state index in [-0.39, 0.29) is 11.8 Å². The summed E-state index contributed by atoms with van der Waals surface area (Å²) in [6.45, 7) is 4.01. The molecule has 1 atom stereocenters. The van der Waals surface area contributed by atoms with Gasteiger partial charge in [0.25, 0.3) is 0 Å². The lowest BCUT2D eigenvalue weighted by Crippen LogP contribution is -2.32. The Hall–Kier alpha value is -2.37. The molecule has 6 heteroatoms. The van der Waals surface area contributed by atoms with E-state index in [0.29, 0.717) is 18.4 Å². The Bertz CT molecular complexity index is 648. The van der Waals surface area contributed by atoms with Crippen molar-refractivity contribution in [1.82, 2.24) is 10.7 Å². The molecule has 1 aliphatic heterocycles. The summed E-state index contributed by atoms with van der Waals surface area (Å²) in [7, 11) is 0. The van der Waals surface area contributed by atoms with Crippen LogP contribution < -0.4 is 16.1 Å². The lowest BCUT2D eigenvalue weighted by Gasteiger charge is -2.20. The van der Waals surface area contributed by atoms with Crippen molar-refractivity contribution < 1.29 is 4.79 Å². The summed E-state index contributed by atoms with van der Waals surface area (Å²) in [6.07, 6.45) is 2.75. The smallest absolute Gasteiger partial charge is 0.240 e. The number of hydrogen-bond donors (Lipinski definition) is 4. The number of rotatable bonds is 3. The van der Waals surface area contributed by atoms with E-state index in [1.165, 1.54) is 0 Å². The quantitative estimate of drug-likeness (QED) is 0.508. The van der Waals surface area contributed by atoms with Gasteiger partial charge in [0.05, 0.1) is 5.71 Å². The monoisotopic (exact) mass is 299 g/mol. The molecule has 2 aliphatic rings. The minimum Gasteiger partial charge on any atom is -0.354 e. The lowest BCUT2D eigenvalue weighted by atomic mass is 9.93. The zero-order valence-electron chi connectivity index (χ0n) is 12.9. The number of benzene rings is 1. The molecule has 0 radical (unpaired) electrons. The summed E-state index contributed by atoms with van der Waals surface area (Å²) >= 11 is 0. The first-order chi connectivity index (χ1) is 10.5. The molecule has 0 aromatic heterocycles. The summed E-state index contributed by atoms with van der Waals surface area (Å²) in [4.78, 5) is 11.3. The Kier molecular flexibility index (Phi) is 3.83. The largest absolute Gasteiger partial charge is 0.354 e. The van der Waals surface area contributed by atoms with Gasteiger partial charge in [0.1, 0.15) is 0 Å². The number of carbonyl (C=O) groups is 1. The van der Waals surface area contributed by atoms with Crippen LogP contribution in [0.5, 0.6) is 0 Å². The van der Waals surface area contributed by atoms with Gasteiger partial charge in [-0.25, -0.2) is 5.43 Å². The third-order valence-electron chi connectivity index (χ3n) is 3.97. The van der Waals surface area contributed by atoms with Gasteiger partial charge in [-0.3, -0.25) is 10.2 Å². The number of aryl methyl sites for hydroxylation is 1. The van der Waals surface area contributed by atoms with Gasteiger partial charge >= 0.3 is 0 Å². The highest BCUT2D eigenvalue weighted by Gasteiger charge is 2.23. The Balaban J connectivity index is 1.74. The van der Waals surface area contributed by atoms with Gasteiger partial charge in [-0.1, -0.05) is 13.0 Å². The molecule has 0 saturated heterocycles. The highest BCUT2D eigenvalue weighted by molar-refractivity contribution is 6.06. The normalized spacial score (nSPS) is 20.9. The summed E-state index contributed by atoms with van der Waals surface area (Å²) in [5, 5.41) is 18.3. The van der Waals surface area contributed by atoms with Gasteiger partial charge < -0.3 is 10.6 Å². The summed E-state index contributed by atoms with van der Waals surface area (Å²) < 4.78 is 0. The maximum Gasteiger partial charge on any atom is 0.240 e. The number of amides is 1. The SMILES string of the molecule is Cc1cc(C2=NNC(=O)CC2C)ccc1NC(=N)NC1CC1. The molecule has 1 amide bonds. The summed E-state index contributed by atoms with van der Waals surface area (Å²) in [5.74, 6) is 0.418. The number of hydrogen-bond acceptors (Lipinski definition) is 3. The van der Waals surface area contributed by atoms with E-state index in [1.807, 2.05) is 32.0 Å². The molecule has 116 valence electrons. The Morgan fingerprint density at radius 1 is 1.41 bits per heavy atom. The molecule has 4 N–H and O–H groups in total. The zero-order valence-corrected chi connectivity index (χ0v) is 12.9. The molecule has 0 spiro atoms. The zero-order chi connectivity index (χ0) is 15.7. The van der Waals surface area contributed by atoms with E-state index >= 15 is 0 Å². The van der Waals surface area contributed by atoms with Crippen molar-refractivity contribution in [2.24, 2.45) is 11.0 Å². The molecule has 1 heterocycles. The van der Waals surface area contributed by atoms with Crippen LogP contribution in [0.3, 0.4) is 0 Å². The van der Waals surface area contributed by atoms with Crippen molar-refractivity contribution in [3.8, 4) is 0 Å². The van der Waals surface area contributed by atoms with Crippen molar-refractivity contribution in [2.75, 3.05) is 5.32 Å². The van der Waals surface area contributed by atoms with Gasteiger partial charge in [-0.05, 0) is 43.0 Å². The van der Waals surface area contributed by atoms with Crippen molar-refractivity contribution in [2.45, 2.75) is 39.2 Å². The highest BCUT2D eigenvalue weighted by Crippen LogP contribution is 2.22. The molecule has 3 rings (SSSR count). The lowest BCUT2D eigenvalue weighted by molar-refractivity contribution is -0.121. The fourth-order valence-electron chi connectivity index (χ4n) is 2.57. The predicted octanol–water partition coefficient (Wildman–Crippen LogP) is 1.95. The van der Waals surface area contributed by atoms with Gasteiger partial charge in [0.15, 0.2) is 5.96 Å². The average Bonchev–Trinajstić information content (AvgIpc) is 3.25. The Morgan fingerprint density at radius 2 is 2.18 bits per heavy atom. The fourth-order valence-corrected chi connectivity index (χ4v) is 2.57. The minimum atomic E-state index is -0.0362. The molecular weight excluding hydrogens is 278 g/mol. The molecular formula is C16H21N5O. The molecule has 1 aliphatic carbocycles. The van der Waals surface area contributed by atoms with Crippen LogP contribution in [0.1, 0.15) is 37.3 Å². The van der Waals surface area contributed by atoms with Gasteiger partial charge in [-0.15, -0.1) is 0 Å². The van der Waals surface area contributed by atoms with Crippen LogP contribution in [0.2, 0.25) is 0 Å². The predicted molar refractivity (Wildman–Crippen MR) is 87.1 cm³/mol. The van der Waals surface area contributed by atoms with Crippen LogP contribution >= 0.6 is 0 Å². The molecule has 1 unspecified atom stereocenters. The van der Waals surface area contributed by atoms with E-state index in [4.69, 9.17) is 5.41 Å². The number of carbonyl (C=O) groups excluding carboxylic acids is 1. The van der Waals surface area contributed by atoms with Gasteiger partial charge in [0.2, 0.25) is 5.91 Å². The Morgan fingerprint density at radius 3 is 2.82 bits per heavy atom. The Labute approximate surface area is 129 Å². The van der Waals surface area contributed by atoms with Crippen LogP contribution in [0.15, 0.2) is 23.3 Å². The standard InChI is InChI=1S/C16H21N5O/c1-9-7-11(15-10(2)8-14(22)20-21-15)3-6-13(9)19-16(17)18-12-4-5-12/h3,6-7,10,12H,4-5,8H2,1-2H3,(H,20,22)(H3,17,18,19). The van der Waals surface area contributed by atoms with Crippen LogP contribution in [0.25, 0.3) is 0 Å². The first-order valence-corrected chi connectivity index (χ1v) is 7.62. The molecule has 6 nitrogen and oxygen atoms in total. The number of nitrogens with one attached hydrogen (secondary N) is 4. The first-order valence-electron chi connectivity index (χ1n) is 7.62. The second-order valence-electron chi connectivity index (χ2n) is 6.09. The van der Waals surface area contributed by atoms with E-state index in [2.05, 4.69) is 21.2 Å². The highest BCUT2D eigenvalue weighted by atomic mass is 16.2. The number of guanidine groups is 1. The number of anilines is 1. The average molecular weight is 299 g/mol. The van der Waals surface area contributed by atoms with Crippen molar-refractivity contribution in [3.63, 3.8) is 0 Å². The second-order valence-corrected chi connectivity index (χ2v) is 6.09. The summed E-state index contributed by atoms with van der Waals surface area (Å²) in [5.41, 5.74) is 6.42. The molecule has 1 saturated carbocycles. The van der Waals surface area contributed by atoms with Crippen molar-refractivity contribution in [1.29, 1.82) is 5.41 Å². The second kappa shape index (κ2) is 5.79. The van der Waals surface area contributed by atoms with Crippen molar-refractivity contribution >= 4 is 23.3 Å². The van der Waals surface area contributed by atoms with Crippen molar-refractivity contribution in [3.05, 3.63) is 29.3 Å². The molecule has 22 heavy (non-hydrogen) atoms. The van der Waals surface area contributed by atoms with Gasteiger partial charge in [-0.2, -0.15) is 5.10 Å². The van der Waals surface area contributed by atoms with E-state index < -0.39 is 0 Å². The molecule has 0 bridgehead atoms. The van der Waals surface area contributed by atoms with Crippen LogP contribution in [-0.2, 0) is 4.79 Å². The molecule has 1 fully saturated rings. The van der Waals surface area contributed by atoms with Crippen LogP contribution in [0.4, 0.5) is 5.69 Å². The number of nitrogens with zero attached hydrogens (tertiary/aromatic N) is 1. The van der Waals surface area contributed by atoms with E-state index in [0.717, 1.165) is 35.4 Å². The molecule has 1 aromatic carbocycles.